The number of rotatable bonds is 2. The Morgan fingerprint density at radius 1 is 1.04 bits per heavy atom. The van der Waals surface area contributed by atoms with Gasteiger partial charge in [-0.3, -0.25) is 9.59 Å². The van der Waals surface area contributed by atoms with Crippen LogP contribution < -0.4 is 5.32 Å². The van der Waals surface area contributed by atoms with Crippen LogP contribution in [0.5, 0.6) is 0 Å². The number of carbonyl (C=O) groups is 2. The van der Waals surface area contributed by atoms with E-state index in [2.05, 4.69) is 5.32 Å². The van der Waals surface area contributed by atoms with Crippen LogP contribution in [0.25, 0.3) is 11.1 Å². The number of hydrogen-bond donors (Lipinski definition) is 1. The Bertz CT molecular complexity index is 809. The molecule has 2 aromatic carbocycles. The third-order valence-electron chi connectivity index (χ3n) is 4.66. The first kappa shape index (κ1) is 16.7. The summed E-state index contributed by atoms with van der Waals surface area (Å²) in [6, 6.07) is 13.4. The van der Waals surface area contributed by atoms with Gasteiger partial charge in [-0.2, -0.15) is 0 Å². The Morgan fingerprint density at radius 3 is 2.33 bits per heavy atom. The first-order valence-corrected chi connectivity index (χ1v) is 8.36. The molecule has 1 heterocycles. The summed E-state index contributed by atoms with van der Waals surface area (Å²) in [6.07, 6.45) is 0. The van der Waals surface area contributed by atoms with Gasteiger partial charge in [-0.25, -0.2) is 0 Å². The SMILES string of the molecule is Cc1ccc(-c2ccc(Cl)cc2)cc1C1C(=O)NCC(C)(C)C1=O. The van der Waals surface area contributed by atoms with Gasteiger partial charge in [0.25, 0.3) is 0 Å². The Balaban J connectivity index is 2.07. The summed E-state index contributed by atoms with van der Waals surface area (Å²) in [5, 5.41) is 3.54. The summed E-state index contributed by atoms with van der Waals surface area (Å²) >= 11 is 5.95. The summed E-state index contributed by atoms with van der Waals surface area (Å²) in [6.45, 7) is 6.07. The van der Waals surface area contributed by atoms with Crippen LogP contribution in [-0.2, 0) is 9.59 Å². The highest BCUT2D eigenvalue weighted by atomic mass is 35.5. The normalized spacial score (nSPS) is 19.9. The molecular formula is C20H20ClNO2. The average Bonchev–Trinajstić information content (AvgIpc) is 2.54. The van der Waals surface area contributed by atoms with Crippen molar-refractivity contribution < 1.29 is 9.59 Å². The van der Waals surface area contributed by atoms with E-state index in [9.17, 15) is 9.59 Å². The lowest BCUT2D eigenvalue weighted by atomic mass is 9.74. The summed E-state index contributed by atoms with van der Waals surface area (Å²) < 4.78 is 0. The molecule has 0 saturated carbocycles. The van der Waals surface area contributed by atoms with E-state index in [1.54, 1.807) is 0 Å². The lowest BCUT2D eigenvalue weighted by molar-refractivity contribution is -0.139. The second kappa shape index (κ2) is 6.06. The van der Waals surface area contributed by atoms with E-state index in [0.29, 0.717) is 11.6 Å². The van der Waals surface area contributed by atoms with Crippen molar-refractivity contribution in [3.63, 3.8) is 0 Å². The molecule has 0 bridgehead atoms. The van der Waals surface area contributed by atoms with E-state index < -0.39 is 11.3 Å². The van der Waals surface area contributed by atoms with Crippen molar-refractivity contribution >= 4 is 23.3 Å². The van der Waals surface area contributed by atoms with Gasteiger partial charge in [-0.1, -0.05) is 49.7 Å². The topological polar surface area (TPSA) is 46.2 Å². The molecule has 1 atom stereocenters. The summed E-state index contributed by atoms with van der Waals surface area (Å²) in [5.74, 6) is -0.987. The molecule has 1 N–H and O–H groups in total. The maximum Gasteiger partial charge on any atom is 0.235 e. The van der Waals surface area contributed by atoms with Crippen molar-refractivity contribution in [3.05, 3.63) is 58.6 Å². The molecule has 1 fully saturated rings. The van der Waals surface area contributed by atoms with Gasteiger partial charge < -0.3 is 5.32 Å². The number of nitrogens with one attached hydrogen (secondary N) is 1. The van der Waals surface area contributed by atoms with Crippen LogP contribution in [0.15, 0.2) is 42.5 Å². The molecule has 2 aromatic rings. The maximum atomic E-state index is 12.8. The molecule has 1 aliphatic heterocycles. The van der Waals surface area contributed by atoms with Gasteiger partial charge in [0.15, 0.2) is 5.78 Å². The number of Topliss-reactive ketones (excluding diaryl/α,β-unsaturated/α-hetero) is 1. The summed E-state index contributed by atoms with van der Waals surface area (Å²) in [4.78, 5) is 25.2. The highest BCUT2D eigenvalue weighted by Gasteiger charge is 2.43. The molecule has 1 aliphatic rings. The molecule has 3 rings (SSSR count). The van der Waals surface area contributed by atoms with Crippen LogP contribution in [0.2, 0.25) is 5.02 Å². The van der Waals surface area contributed by atoms with E-state index in [1.807, 2.05) is 63.2 Å². The lowest BCUT2D eigenvalue weighted by Crippen LogP contribution is -2.51. The molecule has 4 heteroatoms. The van der Waals surface area contributed by atoms with Crippen LogP contribution in [0, 0.1) is 12.3 Å². The highest BCUT2D eigenvalue weighted by molar-refractivity contribution is 6.30. The predicted molar refractivity (Wildman–Crippen MR) is 96.2 cm³/mol. The largest absolute Gasteiger partial charge is 0.354 e. The summed E-state index contributed by atoms with van der Waals surface area (Å²) in [5.41, 5.74) is 3.14. The first-order valence-electron chi connectivity index (χ1n) is 7.98. The van der Waals surface area contributed by atoms with Gasteiger partial charge in [0.05, 0.1) is 0 Å². The van der Waals surface area contributed by atoms with Gasteiger partial charge in [0.1, 0.15) is 5.92 Å². The standard InChI is InChI=1S/C20H20ClNO2/c1-12-4-5-14(13-6-8-15(21)9-7-13)10-16(12)17-18(23)20(2,3)11-22-19(17)24/h4-10,17H,11H2,1-3H3,(H,22,24). The van der Waals surface area contributed by atoms with Crippen molar-refractivity contribution in [1.82, 2.24) is 5.32 Å². The first-order chi connectivity index (χ1) is 11.3. The molecule has 1 unspecified atom stereocenters. The third-order valence-corrected chi connectivity index (χ3v) is 4.92. The van der Waals surface area contributed by atoms with E-state index in [1.165, 1.54) is 0 Å². The van der Waals surface area contributed by atoms with E-state index in [0.717, 1.165) is 22.3 Å². The van der Waals surface area contributed by atoms with Gasteiger partial charge in [0, 0.05) is 17.0 Å². The molecule has 1 saturated heterocycles. The molecule has 0 aliphatic carbocycles. The Morgan fingerprint density at radius 2 is 1.67 bits per heavy atom. The molecule has 0 aromatic heterocycles. The monoisotopic (exact) mass is 341 g/mol. The van der Waals surface area contributed by atoms with E-state index >= 15 is 0 Å². The third kappa shape index (κ3) is 2.96. The molecular weight excluding hydrogens is 322 g/mol. The Kier molecular flexibility index (Phi) is 4.22. The van der Waals surface area contributed by atoms with Gasteiger partial charge in [-0.05, 0) is 47.4 Å². The number of aryl methyl sites for hydroxylation is 1. The second-order valence-electron chi connectivity index (χ2n) is 6.98. The maximum absolute atomic E-state index is 12.8. The fourth-order valence-corrected chi connectivity index (χ4v) is 3.19. The zero-order chi connectivity index (χ0) is 17.5. The number of hydrogen-bond acceptors (Lipinski definition) is 2. The fourth-order valence-electron chi connectivity index (χ4n) is 3.06. The second-order valence-corrected chi connectivity index (χ2v) is 7.41. The van der Waals surface area contributed by atoms with Crippen molar-refractivity contribution in [3.8, 4) is 11.1 Å². The average molecular weight is 342 g/mol. The Hall–Kier alpha value is -2.13. The van der Waals surface area contributed by atoms with Crippen molar-refractivity contribution in [2.75, 3.05) is 6.54 Å². The number of ketones is 1. The fraction of sp³-hybridized carbons (Fsp3) is 0.300. The smallest absolute Gasteiger partial charge is 0.235 e. The van der Waals surface area contributed by atoms with Crippen LogP contribution in [0.3, 0.4) is 0 Å². The zero-order valence-electron chi connectivity index (χ0n) is 14.0. The molecule has 24 heavy (non-hydrogen) atoms. The van der Waals surface area contributed by atoms with Crippen LogP contribution in [-0.4, -0.2) is 18.2 Å². The minimum absolute atomic E-state index is 0.0254. The Labute approximate surface area is 147 Å². The van der Waals surface area contributed by atoms with Gasteiger partial charge >= 0.3 is 0 Å². The van der Waals surface area contributed by atoms with Crippen molar-refractivity contribution in [1.29, 1.82) is 0 Å². The summed E-state index contributed by atoms with van der Waals surface area (Å²) in [7, 11) is 0. The van der Waals surface area contributed by atoms with Gasteiger partial charge in [0.2, 0.25) is 5.91 Å². The minimum Gasteiger partial charge on any atom is -0.354 e. The molecule has 0 radical (unpaired) electrons. The number of carbonyl (C=O) groups excluding carboxylic acids is 2. The molecule has 3 nitrogen and oxygen atoms in total. The molecule has 1 amide bonds. The highest BCUT2D eigenvalue weighted by Crippen LogP contribution is 2.35. The van der Waals surface area contributed by atoms with Gasteiger partial charge in [-0.15, -0.1) is 0 Å². The van der Waals surface area contributed by atoms with Crippen LogP contribution in [0.4, 0.5) is 0 Å². The van der Waals surface area contributed by atoms with Crippen LogP contribution >= 0.6 is 11.6 Å². The predicted octanol–water partition coefficient (Wildman–Crippen LogP) is 4.12. The quantitative estimate of drug-likeness (QED) is 0.835. The lowest BCUT2D eigenvalue weighted by Gasteiger charge is -2.34. The zero-order valence-corrected chi connectivity index (χ0v) is 14.8. The minimum atomic E-state index is -0.749. The number of amides is 1. The molecule has 0 spiro atoms. The number of halogens is 1. The number of benzene rings is 2. The molecule has 124 valence electrons. The van der Waals surface area contributed by atoms with Crippen molar-refractivity contribution in [2.45, 2.75) is 26.7 Å². The number of piperidine rings is 1. The van der Waals surface area contributed by atoms with E-state index in [4.69, 9.17) is 11.6 Å². The van der Waals surface area contributed by atoms with Crippen LogP contribution in [0.1, 0.15) is 30.9 Å². The van der Waals surface area contributed by atoms with Crippen molar-refractivity contribution in [2.24, 2.45) is 5.41 Å². The van der Waals surface area contributed by atoms with E-state index in [-0.39, 0.29) is 11.7 Å².